The van der Waals surface area contributed by atoms with E-state index in [2.05, 4.69) is 10.2 Å². The zero-order valence-electron chi connectivity index (χ0n) is 13.5. The zero-order valence-corrected chi connectivity index (χ0v) is 15.1. The number of nitrogens with one attached hydrogen (secondary N) is 1. The number of benzene rings is 1. The predicted octanol–water partition coefficient (Wildman–Crippen LogP) is 3.17. The molecule has 1 fully saturated rings. The molecule has 0 radical (unpaired) electrons. The number of hydrogen-bond donors (Lipinski definition) is 2. The van der Waals surface area contributed by atoms with Crippen molar-refractivity contribution in [2.24, 2.45) is 0 Å². The van der Waals surface area contributed by atoms with E-state index in [1.54, 1.807) is 6.20 Å². The van der Waals surface area contributed by atoms with E-state index >= 15 is 0 Å². The second kappa shape index (κ2) is 9.55. The van der Waals surface area contributed by atoms with Crippen LogP contribution < -0.4 is 5.73 Å². The van der Waals surface area contributed by atoms with E-state index in [1.165, 1.54) is 5.69 Å². The molecule has 0 aliphatic carbocycles. The van der Waals surface area contributed by atoms with E-state index in [-0.39, 0.29) is 30.7 Å². The van der Waals surface area contributed by atoms with Crippen LogP contribution in [0.1, 0.15) is 36.4 Å². The van der Waals surface area contributed by atoms with Gasteiger partial charge in [-0.15, -0.1) is 24.8 Å². The molecule has 1 amide bonds. The lowest BCUT2D eigenvalue weighted by Gasteiger charge is -2.31. The summed E-state index contributed by atoms with van der Waals surface area (Å²) in [4.78, 5) is 14.3. The van der Waals surface area contributed by atoms with Crippen molar-refractivity contribution in [1.82, 2.24) is 15.1 Å². The number of carbonyl (C=O) groups excluding carboxylic acids is 1. The highest BCUT2D eigenvalue weighted by Gasteiger charge is 2.24. The molecule has 1 saturated heterocycles. The maximum absolute atomic E-state index is 12.3. The highest BCUT2D eigenvalue weighted by molar-refractivity contribution is 5.85. The Kier molecular flexibility index (Phi) is 8.08. The summed E-state index contributed by atoms with van der Waals surface area (Å²) in [6.45, 7) is 1.65. The predicted molar refractivity (Wildman–Crippen MR) is 101 cm³/mol. The first-order chi connectivity index (χ1) is 10.7. The van der Waals surface area contributed by atoms with Gasteiger partial charge in [0.1, 0.15) is 0 Å². The maximum Gasteiger partial charge on any atom is 0.222 e. The second-order valence-corrected chi connectivity index (χ2v) is 5.87. The lowest BCUT2D eigenvalue weighted by molar-refractivity contribution is -0.132. The third-order valence-corrected chi connectivity index (χ3v) is 4.47. The standard InChI is InChI=1S/C17H22N4O.2ClH/c18-15-4-2-1-3-13(15)5-6-17(22)21-11-8-14(9-12-21)16-7-10-19-20-16;;/h1-4,7,10,14H,5-6,8-9,11-12,18H2,(H,19,20);2*1H. The minimum absolute atomic E-state index is 0. The van der Waals surface area contributed by atoms with Crippen LogP contribution in [-0.4, -0.2) is 34.1 Å². The summed E-state index contributed by atoms with van der Waals surface area (Å²) in [6, 6.07) is 9.79. The highest BCUT2D eigenvalue weighted by Crippen LogP contribution is 2.26. The molecule has 0 spiro atoms. The molecule has 2 aromatic rings. The first kappa shape index (κ1) is 20.3. The van der Waals surface area contributed by atoms with E-state index in [1.807, 2.05) is 35.2 Å². The van der Waals surface area contributed by atoms with Gasteiger partial charge in [-0.25, -0.2) is 0 Å². The normalized spacial score (nSPS) is 14.6. The Bertz CT molecular complexity index is 625. The Labute approximate surface area is 154 Å². The summed E-state index contributed by atoms with van der Waals surface area (Å²) in [5.74, 6) is 0.725. The minimum atomic E-state index is 0. The fraction of sp³-hybridized carbons (Fsp3) is 0.412. The smallest absolute Gasteiger partial charge is 0.222 e. The maximum atomic E-state index is 12.3. The molecule has 2 heterocycles. The van der Waals surface area contributed by atoms with Gasteiger partial charge in [-0.05, 0) is 37.0 Å². The number of H-pyrrole nitrogens is 1. The molecule has 3 rings (SSSR count). The molecule has 0 saturated carbocycles. The van der Waals surface area contributed by atoms with Gasteiger partial charge in [-0.1, -0.05) is 18.2 Å². The summed E-state index contributed by atoms with van der Waals surface area (Å²) in [5, 5.41) is 7.04. The number of anilines is 1. The number of halogens is 2. The van der Waals surface area contributed by atoms with Gasteiger partial charge in [-0.2, -0.15) is 5.10 Å². The molecule has 0 bridgehead atoms. The van der Waals surface area contributed by atoms with E-state index in [0.717, 1.165) is 37.2 Å². The Balaban J connectivity index is 0.00000144. The number of para-hydroxylation sites is 1. The number of likely N-dealkylation sites (tertiary alicyclic amines) is 1. The number of amides is 1. The summed E-state index contributed by atoms with van der Waals surface area (Å²) < 4.78 is 0. The number of piperidine rings is 1. The average Bonchev–Trinajstić information content (AvgIpc) is 3.08. The minimum Gasteiger partial charge on any atom is -0.399 e. The third kappa shape index (κ3) is 4.89. The number of hydrogen-bond acceptors (Lipinski definition) is 3. The molecule has 3 N–H and O–H groups in total. The molecule has 1 aliphatic heterocycles. The van der Waals surface area contributed by atoms with Crippen molar-refractivity contribution in [1.29, 1.82) is 0 Å². The van der Waals surface area contributed by atoms with Crippen LogP contribution in [0.2, 0.25) is 0 Å². The molecule has 0 unspecified atom stereocenters. The van der Waals surface area contributed by atoms with Gasteiger partial charge in [0.15, 0.2) is 0 Å². The van der Waals surface area contributed by atoms with Gasteiger partial charge in [0.2, 0.25) is 5.91 Å². The van der Waals surface area contributed by atoms with Crippen molar-refractivity contribution in [2.75, 3.05) is 18.8 Å². The molecule has 1 aromatic heterocycles. The molecule has 7 heteroatoms. The van der Waals surface area contributed by atoms with Crippen LogP contribution in [0.15, 0.2) is 36.5 Å². The molecule has 1 aliphatic rings. The lowest BCUT2D eigenvalue weighted by atomic mass is 9.93. The number of carbonyl (C=O) groups is 1. The van der Waals surface area contributed by atoms with Gasteiger partial charge >= 0.3 is 0 Å². The summed E-state index contributed by atoms with van der Waals surface area (Å²) >= 11 is 0. The monoisotopic (exact) mass is 370 g/mol. The molecule has 0 atom stereocenters. The first-order valence-corrected chi connectivity index (χ1v) is 7.84. The number of nitrogens with zero attached hydrogens (tertiary/aromatic N) is 2. The molecule has 1 aromatic carbocycles. The quantitative estimate of drug-likeness (QED) is 0.811. The van der Waals surface area contributed by atoms with Crippen LogP contribution in [0, 0.1) is 0 Å². The largest absolute Gasteiger partial charge is 0.399 e. The second-order valence-electron chi connectivity index (χ2n) is 5.87. The third-order valence-electron chi connectivity index (χ3n) is 4.47. The first-order valence-electron chi connectivity index (χ1n) is 7.84. The molecular weight excluding hydrogens is 347 g/mol. The van der Waals surface area contributed by atoms with E-state index in [4.69, 9.17) is 5.73 Å². The van der Waals surface area contributed by atoms with Crippen LogP contribution in [0.25, 0.3) is 0 Å². The Morgan fingerprint density at radius 3 is 2.54 bits per heavy atom. The molecule has 5 nitrogen and oxygen atoms in total. The van der Waals surface area contributed by atoms with Gasteiger partial charge in [0.05, 0.1) is 0 Å². The van der Waals surface area contributed by atoms with Crippen molar-refractivity contribution in [3.05, 3.63) is 47.8 Å². The Hall–Kier alpha value is -1.72. The van der Waals surface area contributed by atoms with Crippen LogP contribution >= 0.6 is 24.8 Å². The number of aryl methyl sites for hydroxylation is 1. The van der Waals surface area contributed by atoms with Crippen molar-refractivity contribution in [3.8, 4) is 0 Å². The number of nitrogen functional groups attached to an aromatic ring is 1. The summed E-state index contributed by atoms with van der Waals surface area (Å²) in [6.07, 6.45) is 5.04. The van der Waals surface area contributed by atoms with Gasteiger partial charge in [0.25, 0.3) is 0 Å². The van der Waals surface area contributed by atoms with Gasteiger partial charge in [-0.3, -0.25) is 9.89 Å². The zero-order chi connectivity index (χ0) is 15.4. The topological polar surface area (TPSA) is 75.0 Å². The van der Waals surface area contributed by atoms with Crippen LogP contribution in [-0.2, 0) is 11.2 Å². The van der Waals surface area contributed by atoms with Crippen molar-refractivity contribution in [2.45, 2.75) is 31.6 Å². The fourth-order valence-corrected chi connectivity index (χ4v) is 3.10. The van der Waals surface area contributed by atoms with Crippen LogP contribution in [0.5, 0.6) is 0 Å². The summed E-state index contributed by atoms with van der Waals surface area (Å²) in [7, 11) is 0. The average molecular weight is 371 g/mol. The fourth-order valence-electron chi connectivity index (χ4n) is 3.10. The number of rotatable bonds is 4. The van der Waals surface area contributed by atoms with Crippen LogP contribution in [0.3, 0.4) is 0 Å². The van der Waals surface area contributed by atoms with Gasteiger partial charge in [0, 0.05) is 43.0 Å². The number of nitrogens with two attached hydrogens (primary N) is 1. The van der Waals surface area contributed by atoms with Crippen LogP contribution in [0.4, 0.5) is 5.69 Å². The summed E-state index contributed by atoms with van der Waals surface area (Å²) in [5.41, 5.74) is 8.94. The lowest BCUT2D eigenvalue weighted by Crippen LogP contribution is -2.38. The Morgan fingerprint density at radius 1 is 1.21 bits per heavy atom. The molecular formula is C17H24Cl2N4O. The van der Waals surface area contributed by atoms with E-state index in [0.29, 0.717) is 18.8 Å². The SMILES string of the molecule is Cl.Cl.Nc1ccccc1CCC(=O)N1CCC(c2ccn[nH]2)CC1. The highest BCUT2D eigenvalue weighted by atomic mass is 35.5. The molecule has 24 heavy (non-hydrogen) atoms. The Morgan fingerprint density at radius 2 is 1.92 bits per heavy atom. The molecule has 132 valence electrons. The van der Waals surface area contributed by atoms with E-state index in [9.17, 15) is 4.79 Å². The van der Waals surface area contributed by atoms with Gasteiger partial charge < -0.3 is 10.6 Å². The van der Waals surface area contributed by atoms with Crippen molar-refractivity contribution >= 4 is 36.4 Å². The number of aromatic nitrogens is 2. The van der Waals surface area contributed by atoms with Crippen molar-refractivity contribution < 1.29 is 4.79 Å². The number of aromatic amines is 1. The van der Waals surface area contributed by atoms with E-state index < -0.39 is 0 Å². The van der Waals surface area contributed by atoms with Crippen molar-refractivity contribution in [3.63, 3.8) is 0 Å².